The van der Waals surface area contributed by atoms with Gasteiger partial charge in [-0.2, -0.15) is 4.98 Å². The lowest BCUT2D eigenvalue weighted by Gasteiger charge is -2.52. The fourth-order valence-electron chi connectivity index (χ4n) is 7.93. The zero-order valence-electron chi connectivity index (χ0n) is 24.3. The van der Waals surface area contributed by atoms with Crippen LogP contribution in [0.25, 0.3) is 0 Å². The van der Waals surface area contributed by atoms with Crippen molar-refractivity contribution in [3.8, 4) is 0 Å². The van der Waals surface area contributed by atoms with Crippen LogP contribution in [-0.2, 0) is 20.0 Å². The maximum absolute atomic E-state index is 13.5. The standard InChI is InChI=1S/C31H41N5O4S/c1-20(2)35-15-13-30(14-16-35)17-23(18-30)41(39,40)22-8-6-21(7-9-22)33-28-32-19-24-26(34-28)36(27(37)31(24)11-12-31)25-5-4-10-29(25,3)38/h6-9,19-20,23,25,38H,4-5,10-18H2,1-3H3,(H,32,33,34)/t25-,29-/m1/s1. The van der Waals surface area contributed by atoms with Crippen molar-refractivity contribution in [1.29, 1.82) is 0 Å². The Morgan fingerprint density at radius 3 is 2.32 bits per heavy atom. The van der Waals surface area contributed by atoms with Gasteiger partial charge in [-0.05, 0) is 121 Å². The predicted molar refractivity (Wildman–Crippen MR) is 157 cm³/mol. The number of hydrogen-bond donors (Lipinski definition) is 2. The van der Waals surface area contributed by atoms with E-state index in [4.69, 9.17) is 4.98 Å². The number of piperidine rings is 1. The van der Waals surface area contributed by atoms with Crippen molar-refractivity contribution in [2.45, 2.75) is 112 Å². The summed E-state index contributed by atoms with van der Waals surface area (Å²) in [4.78, 5) is 27.4. The maximum atomic E-state index is 13.5. The summed E-state index contributed by atoms with van der Waals surface area (Å²) < 4.78 is 26.8. The lowest BCUT2D eigenvalue weighted by atomic mass is 9.63. The summed E-state index contributed by atoms with van der Waals surface area (Å²) >= 11 is 0. The number of hydrogen-bond acceptors (Lipinski definition) is 8. The molecule has 7 rings (SSSR count). The molecule has 2 atom stereocenters. The van der Waals surface area contributed by atoms with Gasteiger partial charge in [0.1, 0.15) is 5.82 Å². The van der Waals surface area contributed by atoms with Crippen LogP contribution >= 0.6 is 0 Å². The van der Waals surface area contributed by atoms with Crippen LogP contribution in [0.5, 0.6) is 0 Å². The van der Waals surface area contributed by atoms with E-state index in [1.54, 1.807) is 35.4 Å². The number of fused-ring (bicyclic) bond motifs is 2. The first kappa shape index (κ1) is 27.3. The molecule has 10 heteroatoms. The minimum absolute atomic E-state index is 0.0314. The molecule has 4 fully saturated rings. The number of nitrogens with one attached hydrogen (secondary N) is 1. The SMILES string of the molecule is CC(C)N1CCC2(CC1)CC(S(=O)(=O)c1ccc(Nc3ncc4c(n3)N([C@@H]3CCC[C@@]3(C)O)C(=O)C43CC3)cc1)C2. The number of anilines is 3. The topological polar surface area (TPSA) is 116 Å². The Morgan fingerprint density at radius 1 is 1.05 bits per heavy atom. The summed E-state index contributed by atoms with van der Waals surface area (Å²) in [5, 5.41) is 13.9. The molecule has 1 aromatic carbocycles. The number of aliphatic hydroxyl groups is 1. The summed E-state index contributed by atoms with van der Waals surface area (Å²) in [6.45, 7) is 8.37. The monoisotopic (exact) mass is 579 g/mol. The maximum Gasteiger partial charge on any atom is 0.239 e. The number of carbonyl (C=O) groups excluding carboxylic acids is 1. The van der Waals surface area contributed by atoms with Crippen molar-refractivity contribution >= 4 is 33.2 Å². The van der Waals surface area contributed by atoms with Gasteiger partial charge < -0.3 is 15.3 Å². The third-order valence-corrected chi connectivity index (χ3v) is 13.0. The van der Waals surface area contributed by atoms with Gasteiger partial charge in [-0.15, -0.1) is 0 Å². The second-order valence-electron chi connectivity index (χ2n) is 13.8. The van der Waals surface area contributed by atoms with Crippen LogP contribution in [-0.4, -0.2) is 70.3 Å². The zero-order chi connectivity index (χ0) is 28.8. The van der Waals surface area contributed by atoms with Crippen molar-refractivity contribution in [3.05, 3.63) is 36.0 Å². The third-order valence-electron chi connectivity index (χ3n) is 10.9. The van der Waals surface area contributed by atoms with Gasteiger partial charge in [0.05, 0.1) is 27.2 Å². The lowest BCUT2D eigenvalue weighted by Crippen LogP contribution is -2.52. The summed E-state index contributed by atoms with van der Waals surface area (Å²) in [6.07, 6.45) is 9.28. The van der Waals surface area contributed by atoms with E-state index < -0.39 is 20.9 Å². The van der Waals surface area contributed by atoms with Crippen LogP contribution in [0.4, 0.5) is 17.5 Å². The number of rotatable bonds is 6. The minimum Gasteiger partial charge on any atom is -0.388 e. The molecule has 41 heavy (non-hydrogen) atoms. The number of amides is 1. The first-order valence-electron chi connectivity index (χ1n) is 15.2. The van der Waals surface area contributed by atoms with Gasteiger partial charge in [0, 0.05) is 23.5 Å². The quantitative estimate of drug-likeness (QED) is 0.520. The van der Waals surface area contributed by atoms with Crippen molar-refractivity contribution in [2.24, 2.45) is 5.41 Å². The molecule has 2 aliphatic heterocycles. The summed E-state index contributed by atoms with van der Waals surface area (Å²) in [6, 6.07) is 7.10. The van der Waals surface area contributed by atoms with Gasteiger partial charge in [-0.1, -0.05) is 0 Å². The van der Waals surface area contributed by atoms with Crippen molar-refractivity contribution < 1.29 is 18.3 Å². The van der Waals surface area contributed by atoms with Crippen molar-refractivity contribution in [3.63, 3.8) is 0 Å². The van der Waals surface area contributed by atoms with Crippen molar-refractivity contribution in [1.82, 2.24) is 14.9 Å². The highest BCUT2D eigenvalue weighted by molar-refractivity contribution is 7.92. The molecule has 1 aromatic heterocycles. The Kier molecular flexibility index (Phi) is 6.13. The molecule has 3 heterocycles. The second-order valence-corrected chi connectivity index (χ2v) is 16.0. The molecule has 1 amide bonds. The van der Waals surface area contributed by atoms with Crippen LogP contribution in [0, 0.1) is 5.41 Å². The van der Waals surface area contributed by atoms with Crippen LogP contribution in [0.3, 0.4) is 0 Å². The third kappa shape index (κ3) is 4.31. The summed E-state index contributed by atoms with van der Waals surface area (Å²) in [5.41, 5.74) is 0.244. The number of nitrogens with zero attached hydrogens (tertiary/aromatic N) is 4. The van der Waals surface area contributed by atoms with E-state index in [0.29, 0.717) is 34.8 Å². The summed E-state index contributed by atoms with van der Waals surface area (Å²) in [5.74, 6) is 0.972. The van der Waals surface area contributed by atoms with Crippen LogP contribution in [0.2, 0.25) is 0 Å². The Morgan fingerprint density at radius 2 is 1.73 bits per heavy atom. The van der Waals surface area contributed by atoms with E-state index in [-0.39, 0.29) is 22.6 Å². The molecule has 2 N–H and O–H groups in total. The highest BCUT2D eigenvalue weighted by atomic mass is 32.2. The fraction of sp³-hybridized carbons (Fsp3) is 0.645. The van der Waals surface area contributed by atoms with Crippen LogP contribution < -0.4 is 10.2 Å². The Hall–Kier alpha value is -2.56. The molecule has 2 aromatic rings. The number of benzene rings is 1. The zero-order valence-corrected chi connectivity index (χ0v) is 25.1. The van der Waals surface area contributed by atoms with Crippen LogP contribution in [0.1, 0.15) is 84.1 Å². The molecule has 1 saturated heterocycles. The molecule has 0 bridgehead atoms. The molecular weight excluding hydrogens is 538 g/mol. The number of sulfone groups is 1. The molecule has 0 radical (unpaired) electrons. The van der Waals surface area contributed by atoms with E-state index in [2.05, 4.69) is 29.0 Å². The second kappa shape index (κ2) is 9.22. The highest BCUT2D eigenvalue weighted by Crippen LogP contribution is 2.58. The lowest BCUT2D eigenvalue weighted by molar-refractivity contribution is -0.121. The average molecular weight is 580 g/mol. The Labute approximate surface area is 242 Å². The molecule has 0 unspecified atom stereocenters. The van der Waals surface area contributed by atoms with E-state index in [9.17, 15) is 18.3 Å². The van der Waals surface area contributed by atoms with Gasteiger partial charge in [0.2, 0.25) is 11.9 Å². The Balaban J connectivity index is 1.05. The number of aromatic nitrogens is 2. The van der Waals surface area contributed by atoms with Gasteiger partial charge in [0.15, 0.2) is 9.84 Å². The number of likely N-dealkylation sites (tertiary alicyclic amines) is 1. The average Bonchev–Trinajstić information content (AvgIpc) is 3.60. The predicted octanol–water partition coefficient (Wildman–Crippen LogP) is 4.33. The molecule has 5 aliphatic rings. The smallest absolute Gasteiger partial charge is 0.239 e. The van der Waals surface area contributed by atoms with E-state index in [0.717, 1.165) is 70.0 Å². The molecule has 9 nitrogen and oxygen atoms in total. The first-order chi connectivity index (χ1) is 19.4. The van der Waals surface area contributed by atoms with Gasteiger partial charge in [-0.25, -0.2) is 13.4 Å². The fourth-order valence-corrected chi connectivity index (χ4v) is 9.98. The molecule has 3 aliphatic carbocycles. The van der Waals surface area contributed by atoms with Crippen LogP contribution in [0.15, 0.2) is 35.4 Å². The number of carbonyl (C=O) groups is 1. The normalized spacial score (nSPS) is 28.9. The highest BCUT2D eigenvalue weighted by Gasteiger charge is 2.63. The van der Waals surface area contributed by atoms with Gasteiger partial charge in [-0.3, -0.25) is 9.69 Å². The Bertz CT molecular complexity index is 1470. The molecule has 3 saturated carbocycles. The first-order valence-corrected chi connectivity index (χ1v) is 16.8. The van der Waals surface area contributed by atoms with E-state index in [1.807, 2.05) is 6.92 Å². The van der Waals surface area contributed by atoms with E-state index in [1.165, 1.54) is 0 Å². The largest absolute Gasteiger partial charge is 0.388 e. The molecule has 220 valence electrons. The molecule has 2 spiro atoms. The van der Waals surface area contributed by atoms with Crippen molar-refractivity contribution in [2.75, 3.05) is 23.3 Å². The van der Waals surface area contributed by atoms with Gasteiger partial charge >= 0.3 is 0 Å². The minimum atomic E-state index is -3.39. The van der Waals surface area contributed by atoms with E-state index >= 15 is 0 Å². The summed E-state index contributed by atoms with van der Waals surface area (Å²) in [7, 11) is -3.39. The molecular formula is C31H41N5O4S. The van der Waals surface area contributed by atoms with Gasteiger partial charge in [0.25, 0.3) is 0 Å².